The highest BCUT2D eigenvalue weighted by Crippen LogP contribution is 2.38. The maximum absolute atomic E-state index is 11.5. The van der Waals surface area contributed by atoms with E-state index < -0.39 is 0 Å². The van der Waals surface area contributed by atoms with Gasteiger partial charge in [-0.1, -0.05) is 20.8 Å². The predicted octanol–water partition coefficient (Wildman–Crippen LogP) is 2.82. The largest absolute Gasteiger partial charge is 0.351 e. The van der Waals surface area contributed by atoms with Gasteiger partial charge in [-0.2, -0.15) is 0 Å². The normalized spacial score (nSPS) is 23.8. The van der Waals surface area contributed by atoms with E-state index in [1.807, 2.05) is 0 Å². The highest BCUT2D eigenvalue weighted by Gasteiger charge is 2.41. The fraction of sp³-hybridized carbons (Fsp3) is 0.692. The van der Waals surface area contributed by atoms with Crippen LogP contribution >= 0.6 is 11.3 Å². The van der Waals surface area contributed by atoms with Gasteiger partial charge in [0, 0.05) is 28.7 Å². The third-order valence-corrected chi connectivity index (χ3v) is 4.53. The number of carbonyl (C=O) groups is 1. The summed E-state index contributed by atoms with van der Waals surface area (Å²) in [5.41, 5.74) is 0.965. The van der Waals surface area contributed by atoms with Crippen molar-refractivity contribution < 1.29 is 4.79 Å². The second-order valence-corrected chi connectivity index (χ2v) is 7.21. The number of nitrogens with one attached hydrogen (secondary N) is 1. The predicted molar refractivity (Wildman–Crippen MR) is 70.4 cm³/mol. The molecule has 1 fully saturated rings. The van der Waals surface area contributed by atoms with Crippen molar-refractivity contribution in [3.8, 4) is 0 Å². The quantitative estimate of drug-likeness (QED) is 0.835. The van der Waals surface area contributed by atoms with Gasteiger partial charge in [0.2, 0.25) is 5.91 Å². The van der Waals surface area contributed by atoms with Gasteiger partial charge in [0.15, 0.2) is 0 Å². The second kappa shape index (κ2) is 3.80. The first-order chi connectivity index (χ1) is 7.70. The Morgan fingerprint density at radius 2 is 2.12 bits per heavy atom. The molecule has 1 N–H and O–H groups in total. The van der Waals surface area contributed by atoms with Crippen molar-refractivity contribution in [2.75, 3.05) is 0 Å². The van der Waals surface area contributed by atoms with E-state index in [2.05, 4.69) is 45.3 Å². The molecular weight excluding hydrogens is 232 g/mol. The Morgan fingerprint density at radius 3 is 2.53 bits per heavy atom. The van der Waals surface area contributed by atoms with E-state index in [1.165, 1.54) is 0 Å². The van der Waals surface area contributed by atoms with Crippen molar-refractivity contribution in [1.29, 1.82) is 0 Å². The minimum absolute atomic E-state index is 0.0864. The summed E-state index contributed by atoms with van der Waals surface area (Å²) in [6, 6.07) is 0. The van der Waals surface area contributed by atoms with E-state index in [9.17, 15) is 4.79 Å². The molecule has 1 saturated heterocycles. The highest BCUT2D eigenvalue weighted by molar-refractivity contribution is 7.09. The molecule has 1 aliphatic heterocycles. The average Bonchev–Trinajstić information content (AvgIpc) is 2.68. The van der Waals surface area contributed by atoms with E-state index in [-0.39, 0.29) is 22.8 Å². The number of rotatable bonds is 1. The lowest BCUT2D eigenvalue weighted by Gasteiger charge is -2.25. The van der Waals surface area contributed by atoms with Gasteiger partial charge in [0.05, 0.1) is 10.7 Å². The molecule has 2 rings (SSSR count). The third kappa shape index (κ3) is 2.37. The lowest BCUT2D eigenvalue weighted by Crippen LogP contribution is -2.38. The minimum atomic E-state index is -0.180. The van der Waals surface area contributed by atoms with Gasteiger partial charge in [-0.05, 0) is 13.8 Å². The molecule has 1 aromatic rings. The van der Waals surface area contributed by atoms with Crippen LogP contribution in [0, 0.1) is 0 Å². The van der Waals surface area contributed by atoms with Gasteiger partial charge in [-0.3, -0.25) is 4.79 Å². The zero-order valence-electron chi connectivity index (χ0n) is 11.1. The molecule has 94 valence electrons. The number of hydrogen-bond donors (Lipinski definition) is 1. The molecule has 17 heavy (non-hydrogen) atoms. The summed E-state index contributed by atoms with van der Waals surface area (Å²) in [5, 5.41) is 6.26. The molecule has 4 heteroatoms. The second-order valence-electron chi connectivity index (χ2n) is 6.35. The van der Waals surface area contributed by atoms with Gasteiger partial charge >= 0.3 is 0 Å². The van der Waals surface area contributed by atoms with E-state index >= 15 is 0 Å². The van der Waals surface area contributed by atoms with Crippen LogP contribution in [0.25, 0.3) is 0 Å². The molecule has 0 spiro atoms. The summed E-state index contributed by atoms with van der Waals surface area (Å²) in [7, 11) is 0. The molecule has 3 nitrogen and oxygen atoms in total. The number of nitrogens with zero attached hydrogens (tertiary/aromatic N) is 1. The molecule has 0 saturated carbocycles. The fourth-order valence-electron chi connectivity index (χ4n) is 2.20. The van der Waals surface area contributed by atoms with Crippen LogP contribution in [0.1, 0.15) is 57.7 Å². The summed E-state index contributed by atoms with van der Waals surface area (Å²) in [5.74, 6) is 0.327. The lowest BCUT2D eigenvalue weighted by molar-refractivity contribution is -0.119. The third-order valence-electron chi connectivity index (χ3n) is 3.24. The Balaban J connectivity index is 2.30. The van der Waals surface area contributed by atoms with E-state index in [0.29, 0.717) is 6.42 Å². The van der Waals surface area contributed by atoms with Gasteiger partial charge in [0.1, 0.15) is 0 Å². The maximum Gasteiger partial charge on any atom is 0.221 e. The topological polar surface area (TPSA) is 42.0 Å². The number of hydrogen-bond acceptors (Lipinski definition) is 3. The van der Waals surface area contributed by atoms with Gasteiger partial charge in [-0.15, -0.1) is 11.3 Å². The molecule has 1 aliphatic rings. The number of carbonyl (C=O) groups excluding carboxylic acids is 1. The molecular formula is C13H20N2OS. The first-order valence-electron chi connectivity index (χ1n) is 5.97. The Bertz CT molecular complexity index is 443. The van der Waals surface area contributed by atoms with Crippen molar-refractivity contribution in [2.24, 2.45) is 0 Å². The summed E-state index contributed by atoms with van der Waals surface area (Å²) in [6.07, 6.45) is 0.556. The van der Waals surface area contributed by atoms with Gasteiger partial charge in [0.25, 0.3) is 0 Å². The van der Waals surface area contributed by atoms with Crippen LogP contribution in [0.15, 0.2) is 5.38 Å². The Morgan fingerprint density at radius 1 is 1.47 bits per heavy atom. The standard InChI is InChI=1S/C13H20N2OS/c1-12(2,3)11-14-9(7-17-11)8-6-10(16)15-13(8,4)5/h7-8H,6H2,1-5H3,(H,15,16). The smallest absolute Gasteiger partial charge is 0.221 e. The zero-order chi connectivity index (χ0) is 12.8. The summed E-state index contributed by atoms with van der Waals surface area (Å²) >= 11 is 1.70. The Labute approximate surface area is 107 Å². The molecule has 2 heterocycles. The molecule has 1 unspecified atom stereocenters. The van der Waals surface area contributed by atoms with Crippen LogP contribution in [0.3, 0.4) is 0 Å². The van der Waals surface area contributed by atoms with E-state index in [0.717, 1.165) is 10.7 Å². The van der Waals surface area contributed by atoms with Crippen LogP contribution in [0.2, 0.25) is 0 Å². The Hall–Kier alpha value is -0.900. The summed E-state index contributed by atoms with van der Waals surface area (Å²) in [4.78, 5) is 16.2. The SMILES string of the molecule is CC(C)(C)c1nc(C2CC(=O)NC2(C)C)cs1. The van der Waals surface area contributed by atoms with Crippen LogP contribution in [0.4, 0.5) is 0 Å². The van der Waals surface area contributed by atoms with Gasteiger partial charge in [-0.25, -0.2) is 4.98 Å². The molecule has 1 amide bonds. The van der Waals surface area contributed by atoms with Crippen molar-refractivity contribution in [3.63, 3.8) is 0 Å². The summed E-state index contributed by atoms with van der Waals surface area (Å²) < 4.78 is 0. The van der Waals surface area contributed by atoms with Crippen LogP contribution in [0.5, 0.6) is 0 Å². The monoisotopic (exact) mass is 252 g/mol. The van der Waals surface area contributed by atoms with Crippen LogP contribution in [-0.2, 0) is 10.2 Å². The fourth-order valence-corrected chi connectivity index (χ4v) is 3.16. The zero-order valence-corrected chi connectivity index (χ0v) is 11.9. The molecule has 0 radical (unpaired) electrons. The van der Waals surface area contributed by atoms with Crippen molar-refractivity contribution >= 4 is 17.2 Å². The highest BCUT2D eigenvalue weighted by atomic mass is 32.1. The van der Waals surface area contributed by atoms with Crippen LogP contribution in [-0.4, -0.2) is 16.4 Å². The number of thiazole rings is 1. The number of amides is 1. The van der Waals surface area contributed by atoms with Crippen molar-refractivity contribution in [3.05, 3.63) is 16.1 Å². The molecule has 1 atom stereocenters. The first-order valence-corrected chi connectivity index (χ1v) is 6.85. The molecule has 0 aliphatic carbocycles. The molecule has 1 aromatic heterocycles. The first kappa shape index (κ1) is 12.6. The van der Waals surface area contributed by atoms with Crippen molar-refractivity contribution in [2.45, 2.75) is 57.9 Å². The molecule has 0 bridgehead atoms. The van der Waals surface area contributed by atoms with E-state index in [4.69, 9.17) is 4.98 Å². The lowest BCUT2D eigenvalue weighted by atomic mass is 9.87. The number of aromatic nitrogens is 1. The molecule has 0 aromatic carbocycles. The van der Waals surface area contributed by atoms with Crippen LogP contribution < -0.4 is 5.32 Å². The minimum Gasteiger partial charge on any atom is -0.351 e. The Kier molecular flexibility index (Phi) is 2.81. The average molecular weight is 252 g/mol. The van der Waals surface area contributed by atoms with Gasteiger partial charge < -0.3 is 5.32 Å². The summed E-state index contributed by atoms with van der Waals surface area (Å²) in [6.45, 7) is 10.6. The van der Waals surface area contributed by atoms with E-state index in [1.54, 1.807) is 11.3 Å². The maximum atomic E-state index is 11.5. The van der Waals surface area contributed by atoms with Crippen molar-refractivity contribution in [1.82, 2.24) is 10.3 Å².